The van der Waals surface area contributed by atoms with Crippen molar-refractivity contribution >= 4 is 0 Å². The fourth-order valence-corrected chi connectivity index (χ4v) is 3.50. The van der Waals surface area contributed by atoms with Gasteiger partial charge in [0.1, 0.15) is 5.75 Å². The summed E-state index contributed by atoms with van der Waals surface area (Å²) < 4.78 is 5.82. The van der Waals surface area contributed by atoms with Crippen LogP contribution in [0.3, 0.4) is 0 Å². The molecule has 2 unspecified atom stereocenters. The van der Waals surface area contributed by atoms with E-state index in [0.717, 1.165) is 30.7 Å². The van der Waals surface area contributed by atoms with Crippen molar-refractivity contribution in [1.82, 2.24) is 10.2 Å². The predicted octanol–water partition coefficient (Wildman–Crippen LogP) is 2.45. The van der Waals surface area contributed by atoms with Crippen LogP contribution in [-0.2, 0) is 0 Å². The SMILES string of the molecule is Cc1cccc(OCCCN2CC3CCCNC3C2)c1. The molecule has 2 saturated heterocycles. The van der Waals surface area contributed by atoms with Gasteiger partial charge in [0.25, 0.3) is 0 Å². The normalized spacial score (nSPS) is 26.4. The largest absolute Gasteiger partial charge is 0.494 e. The molecule has 2 heterocycles. The molecular weight excluding hydrogens is 248 g/mol. The lowest BCUT2D eigenvalue weighted by molar-refractivity contribution is 0.257. The number of fused-ring (bicyclic) bond motifs is 1. The van der Waals surface area contributed by atoms with Crippen molar-refractivity contribution < 1.29 is 4.74 Å². The van der Waals surface area contributed by atoms with Gasteiger partial charge in [-0.2, -0.15) is 0 Å². The van der Waals surface area contributed by atoms with E-state index in [-0.39, 0.29) is 0 Å². The first-order chi connectivity index (χ1) is 9.81. The van der Waals surface area contributed by atoms with Gasteiger partial charge in [-0.3, -0.25) is 0 Å². The van der Waals surface area contributed by atoms with E-state index >= 15 is 0 Å². The summed E-state index contributed by atoms with van der Waals surface area (Å²) in [6, 6.07) is 9.06. The molecule has 110 valence electrons. The minimum absolute atomic E-state index is 0.751. The zero-order chi connectivity index (χ0) is 13.8. The second-order valence-corrected chi connectivity index (χ2v) is 6.24. The van der Waals surface area contributed by atoms with Crippen LogP contribution in [0.2, 0.25) is 0 Å². The minimum atomic E-state index is 0.751. The number of hydrogen-bond acceptors (Lipinski definition) is 3. The minimum Gasteiger partial charge on any atom is -0.494 e. The van der Waals surface area contributed by atoms with E-state index in [4.69, 9.17) is 4.74 Å². The van der Waals surface area contributed by atoms with Crippen molar-refractivity contribution in [2.75, 3.05) is 32.8 Å². The summed E-state index contributed by atoms with van der Waals surface area (Å²) >= 11 is 0. The van der Waals surface area contributed by atoms with Crippen molar-refractivity contribution in [3.63, 3.8) is 0 Å². The van der Waals surface area contributed by atoms with E-state index < -0.39 is 0 Å². The van der Waals surface area contributed by atoms with Crippen LogP contribution < -0.4 is 10.1 Å². The van der Waals surface area contributed by atoms with Crippen LogP contribution >= 0.6 is 0 Å². The zero-order valence-electron chi connectivity index (χ0n) is 12.5. The highest BCUT2D eigenvalue weighted by atomic mass is 16.5. The van der Waals surface area contributed by atoms with Crippen LogP contribution in [0.4, 0.5) is 0 Å². The van der Waals surface area contributed by atoms with Crippen LogP contribution in [0.25, 0.3) is 0 Å². The van der Waals surface area contributed by atoms with E-state index in [0.29, 0.717) is 0 Å². The Hall–Kier alpha value is -1.06. The number of piperidine rings is 1. The molecule has 0 saturated carbocycles. The zero-order valence-corrected chi connectivity index (χ0v) is 12.5. The van der Waals surface area contributed by atoms with Gasteiger partial charge in [0.2, 0.25) is 0 Å². The number of aryl methyl sites for hydroxylation is 1. The summed E-state index contributed by atoms with van der Waals surface area (Å²) in [6.45, 7) is 7.82. The summed E-state index contributed by atoms with van der Waals surface area (Å²) in [7, 11) is 0. The Morgan fingerprint density at radius 3 is 3.15 bits per heavy atom. The lowest BCUT2D eigenvalue weighted by Crippen LogP contribution is -2.40. The van der Waals surface area contributed by atoms with Crippen LogP contribution in [0, 0.1) is 12.8 Å². The fourth-order valence-electron chi connectivity index (χ4n) is 3.50. The van der Waals surface area contributed by atoms with Crippen molar-refractivity contribution in [3.05, 3.63) is 29.8 Å². The maximum atomic E-state index is 5.82. The molecule has 2 atom stereocenters. The molecule has 1 aromatic carbocycles. The first kappa shape index (κ1) is 13.9. The number of benzene rings is 1. The van der Waals surface area contributed by atoms with E-state index in [1.807, 2.05) is 6.07 Å². The highest BCUT2D eigenvalue weighted by molar-refractivity contribution is 5.27. The van der Waals surface area contributed by atoms with Gasteiger partial charge in [0.15, 0.2) is 0 Å². The first-order valence-corrected chi connectivity index (χ1v) is 7.96. The number of rotatable bonds is 5. The van der Waals surface area contributed by atoms with Crippen LogP contribution in [0.5, 0.6) is 5.75 Å². The molecule has 2 aliphatic heterocycles. The van der Waals surface area contributed by atoms with Gasteiger partial charge in [-0.05, 0) is 56.3 Å². The van der Waals surface area contributed by atoms with Crippen LogP contribution in [-0.4, -0.2) is 43.7 Å². The molecule has 1 N–H and O–H groups in total. The molecule has 2 aliphatic rings. The molecule has 0 spiro atoms. The Labute approximate surface area is 122 Å². The van der Waals surface area contributed by atoms with Gasteiger partial charge >= 0.3 is 0 Å². The molecular formula is C17H26N2O. The molecule has 0 radical (unpaired) electrons. The Bertz CT molecular complexity index is 421. The Kier molecular flexibility index (Phi) is 4.58. The molecule has 3 heteroatoms. The third-order valence-electron chi connectivity index (χ3n) is 4.55. The molecule has 20 heavy (non-hydrogen) atoms. The van der Waals surface area contributed by atoms with Gasteiger partial charge < -0.3 is 15.0 Å². The molecule has 0 bridgehead atoms. The Morgan fingerprint density at radius 1 is 1.35 bits per heavy atom. The highest BCUT2D eigenvalue weighted by Crippen LogP contribution is 2.24. The standard InChI is InChI=1S/C17H26N2O/c1-14-5-2-7-16(11-14)20-10-4-9-19-12-15-6-3-8-18-17(15)13-19/h2,5,7,11,15,17-18H,3-4,6,8-10,12-13H2,1H3. The van der Waals surface area contributed by atoms with Gasteiger partial charge in [0, 0.05) is 25.7 Å². The van der Waals surface area contributed by atoms with Gasteiger partial charge in [-0.1, -0.05) is 12.1 Å². The first-order valence-electron chi connectivity index (χ1n) is 7.96. The topological polar surface area (TPSA) is 24.5 Å². The van der Waals surface area contributed by atoms with Crippen molar-refractivity contribution in [2.24, 2.45) is 5.92 Å². The van der Waals surface area contributed by atoms with Gasteiger partial charge in [-0.25, -0.2) is 0 Å². The number of nitrogens with zero attached hydrogens (tertiary/aromatic N) is 1. The average molecular weight is 274 g/mol. The van der Waals surface area contributed by atoms with Crippen molar-refractivity contribution in [3.8, 4) is 5.75 Å². The van der Waals surface area contributed by atoms with E-state index in [2.05, 4.69) is 35.3 Å². The van der Waals surface area contributed by atoms with Gasteiger partial charge in [0.05, 0.1) is 6.61 Å². The summed E-state index contributed by atoms with van der Waals surface area (Å²) in [5.41, 5.74) is 1.26. The molecule has 3 nitrogen and oxygen atoms in total. The maximum Gasteiger partial charge on any atom is 0.119 e. The van der Waals surface area contributed by atoms with Gasteiger partial charge in [-0.15, -0.1) is 0 Å². The predicted molar refractivity (Wildman–Crippen MR) is 82.2 cm³/mol. The van der Waals surface area contributed by atoms with Crippen molar-refractivity contribution in [2.45, 2.75) is 32.2 Å². The van der Waals surface area contributed by atoms with Crippen LogP contribution in [0.1, 0.15) is 24.8 Å². The molecule has 1 aromatic rings. The summed E-state index contributed by atoms with van der Waals surface area (Å²) in [4.78, 5) is 2.60. The smallest absolute Gasteiger partial charge is 0.119 e. The second kappa shape index (κ2) is 6.59. The Morgan fingerprint density at radius 2 is 2.30 bits per heavy atom. The molecule has 0 aromatic heterocycles. The second-order valence-electron chi connectivity index (χ2n) is 6.24. The number of ether oxygens (including phenoxy) is 1. The third kappa shape index (κ3) is 3.53. The third-order valence-corrected chi connectivity index (χ3v) is 4.55. The summed E-state index contributed by atoms with van der Waals surface area (Å²) in [5.74, 6) is 1.89. The highest BCUT2D eigenvalue weighted by Gasteiger charge is 2.33. The Balaban J connectivity index is 1.36. The maximum absolute atomic E-state index is 5.82. The van der Waals surface area contributed by atoms with E-state index in [9.17, 15) is 0 Å². The van der Waals surface area contributed by atoms with Crippen molar-refractivity contribution in [1.29, 1.82) is 0 Å². The quantitative estimate of drug-likeness (QED) is 0.835. The molecule has 0 amide bonds. The van der Waals surface area contributed by atoms with E-state index in [1.54, 1.807) is 0 Å². The van der Waals surface area contributed by atoms with Crippen LogP contribution in [0.15, 0.2) is 24.3 Å². The summed E-state index contributed by atoms with van der Waals surface area (Å²) in [5, 5.41) is 3.66. The van der Waals surface area contributed by atoms with E-state index in [1.165, 1.54) is 44.6 Å². The lowest BCUT2D eigenvalue weighted by atomic mass is 9.94. The number of nitrogens with one attached hydrogen (secondary N) is 1. The average Bonchev–Trinajstić information content (AvgIpc) is 2.86. The molecule has 0 aliphatic carbocycles. The number of hydrogen-bond donors (Lipinski definition) is 1. The monoisotopic (exact) mass is 274 g/mol. The lowest BCUT2D eigenvalue weighted by Gasteiger charge is -2.24. The molecule has 2 fully saturated rings. The molecule has 3 rings (SSSR count). The fraction of sp³-hybridized carbons (Fsp3) is 0.647. The number of likely N-dealkylation sites (tertiary alicyclic amines) is 1. The summed E-state index contributed by atoms with van der Waals surface area (Å²) in [6.07, 6.45) is 3.88.